The Morgan fingerprint density at radius 2 is 1.64 bits per heavy atom. The van der Waals surface area contributed by atoms with E-state index in [4.69, 9.17) is 0 Å². The Hall–Kier alpha value is -3.94. The lowest BCUT2D eigenvalue weighted by atomic mass is 10.1. The first kappa shape index (κ1) is 25.2. The number of benzene rings is 3. The fourth-order valence-electron chi connectivity index (χ4n) is 3.29. The normalized spacial score (nSPS) is 11.1. The van der Waals surface area contributed by atoms with Crippen molar-refractivity contribution in [1.29, 1.82) is 0 Å². The summed E-state index contributed by atoms with van der Waals surface area (Å²) in [6.07, 6.45) is 1.65. The molecular formula is C29H24N2O3S2. The number of Topliss-reactive ketones (excluding diaryl/α,β-unsaturated/α-hetero) is 1. The van der Waals surface area contributed by atoms with Gasteiger partial charge in [-0.15, -0.1) is 23.1 Å². The van der Waals surface area contributed by atoms with Crippen LogP contribution < -0.4 is 10.6 Å². The van der Waals surface area contributed by atoms with Gasteiger partial charge in [0.1, 0.15) is 5.70 Å². The molecule has 7 heteroatoms. The summed E-state index contributed by atoms with van der Waals surface area (Å²) in [5.41, 5.74) is 2.95. The predicted molar refractivity (Wildman–Crippen MR) is 148 cm³/mol. The van der Waals surface area contributed by atoms with Gasteiger partial charge in [-0.25, -0.2) is 0 Å². The summed E-state index contributed by atoms with van der Waals surface area (Å²) in [5.74, 6) is -0.478. The summed E-state index contributed by atoms with van der Waals surface area (Å²) in [7, 11) is 0. The molecule has 0 bridgehead atoms. The summed E-state index contributed by atoms with van der Waals surface area (Å²) in [4.78, 5) is 40.1. The van der Waals surface area contributed by atoms with E-state index in [1.165, 1.54) is 23.1 Å². The molecule has 0 saturated heterocycles. The molecular weight excluding hydrogens is 488 g/mol. The molecule has 180 valence electrons. The number of carbonyl (C=O) groups excluding carboxylic acids is 3. The lowest BCUT2D eigenvalue weighted by Gasteiger charge is -2.12. The highest BCUT2D eigenvalue weighted by molar-refractivity contribution is 8.00. The molecule has 0 atom stereocenters. The van der Waals surface area contributed by atoms with E-state index in [1.807, 2.05) is 73.0 Å². The molecule has 0 radical (unpaired) electrons. The molecule has 2 amide bonds. The van der Waals surface area contributed by atoms with E-state index >= 15 is 0 Å². The van der Waals surface area contributed by atoms with Crippen LogP contribution in [0.1, 0.15) is 31.2 Å². The van der Waals surface area contributed by atoms with Gasteiger partial charge in [-0.3, -0.25) is 14.4 Å². The average molecular weight is 513 g/mol. The summed E-state index contributed by atoms with van der Waals surface area (Å²) in [6.45, 7) is 1.98. The molecule has 0 saturated carbocycles. The zero-order valence-electron chi connectivity index (χ0n) is 19.6. The van der Waals surface area contributed by atoms with Crippen molar-refractivity contribution in [2.24, 2.45) is 0 Å². The van der Waals surface area contributed by atoms with Gasteiger partial charge >= 0.3 is 0 Å². The van der Waals surface area contributed by atoms with Crippen LogP contribution in [0, 0.1) is 6.92 Å². The smallest absolute Gasteiger partial charge is 0.272 e. The number of carbonyl (C=O) groups is 3. The summed E-state index contributed by atoms with van der Waals surface area (Å²) in [5, 5.41) is 7.50. The third kappa shape index (κ3) is 7.04. The van der Waals surface area contributed by atoms with Gasteiger partial charge in [0.2, 0.25) is 0 Å². The van der Waals surface area contributed by atoms with Gasteiger partial charge in [0.05, 0.1) is 5.75 Å². The number of nitrogens with one attached hydrogen (secondary N) is 2. The molecule has 2 N–H and O–H groups in total. The Morgan fingerprint density at radius 3 is 2.36 bits per heavy atom. The van der Waals surface area contributed by atoms with E-state index in [1.54, 1.807) is 36.4 Å². The standard InChI is InChI=1S/C29H24N2O3S2/c1-20-12-14-21(15-13-20)27(32)19-36-24-10-5-9-23(17-24)30-29(34)26(18-25-11-6-16-35-25)31-28(33)22-7-3-2-4-8-22/h2-18H,19H2,1H3,(H,30,34)(H,31,33)/b26-18-. The van der Waals surface area contributed by atoms with Crippen LogP contribution in [-0.4, -0.2) is 23.4 Å². The van der Waals surface area contributed by atoms with Crippen molar-refractivity contribution >= 4 is 52.5 Å². The molecule has 3 aromatic carbocycles. The van der Waals surface area contributed by atoms with Crippen LogP contribution in [0.25, 0.3) is 6.08 Å². The highest BCUT2D eigenvalue weighted by Gasteiger charge is 2.16. The molecule has 1 aromatic heterocycles. The maximum absolute atomic E-state index is 13.1. The first-order valence-electron chi connectivity index (χ1n) is 11.2. The van der Waals surface area contributed by atoms with Crippen molar-refractivity contribution in [2.45, 2.75) is 11.8 Å². The maximum atomic E-state index is 13.1. The van der Waals surface area contributed by atoms with Crippen molar-refractivity contribution in [2.75, 3.05) is 11.1 Å². The highest BCUT2D eigenvalue weighted by atomic mass is 32.2. The van der Waals surface area contributed by atoms with E-state index in [-0.39, 0.29) is 23.1 Å². The van der Waals surface area contributed by atoms with Crippen molar-refractivity contribution < 1.29 is 14.4 Å². The first-order valence-corrected chi connectivity index (χ1v) is 13.1. The zero-order valence-corrected chi connectivity index (χ0v) is 21.2. The van der Waals surface area contributed by atoms with Crippen LogP contribution in [0.15, 0.2) is 107 Å². The Kier molecular flexibility index (Phi) is 8.49. The van der Waals surface area contributed by atoms with Crippen LogP contribution in [-0.2, 0) is 4.79 Å². The van der Waals surface area contributed by atoms with Crippen molar-refractivity contribution in [3.63, 3.8) is 0 Å². The van der Waals surface area contributed by atoms with Crippen LogP contribution in [0.5, 0.6) is 0 Å². The largest absolute Gasteiger partial charge is 0.321 e. The number of thioether (sulfide) groups is 1. The second-order valence-electron chi connectivity index (χ2n) is 7.95. The molecule has 0 spiro atoms. The fourth-order valence-corrected chi connectivity index (χ4v) is 4.80. The summed E-state index contributed by atoms with van der Waals surface area (Å²) >= 11 is 2.87. The van der Waals surface area contributed by atoms with Crippen LogP contribution in [0.4, 0.5) is 5.69 Å². The van der Waals surface area contributed by atoms with E-state index in [0.29, 0.717) is 16.8 Å². The van der Waals surface area contributed by atoms with Crippen molar-refractivity contribution in [3.8, 4) is 0 Å². The SMILES string of the molecule is Cc1ccc(C(=O)CSc2cccc(NC(=O)/C(=C/c3cccs3)NC(=O)c3ccccc3)c2)cc1. The van der Waals surface area contributed by atoms with Crippen LogP contribution in [0.2, 0.25) is 0 Å². The molecule has 0 aliphatic carbocycles. The number of amides is 2. The number of ketones is 1. The number of rotatable bonds is 9. The Labute approximate surface area is 218 Å². The second kappa shape index (κ2) is 12.2. The molecule has 0 fully saturated rings. The monoisotopic (exact) mass is 512 g/mol. The summed E-state index contributed by atoms with van der Waals surface area (Å²) in [6, 6.07) is 27.3. The van der Waals surface area contributed by atoms with Crippen LogP contribution in [0.3, 0.4) is 0 Å². The number of hydrogen-bond donors (Lipinski definition) is 2. The molecule has 0 aliphatic heterocycles. The predicted octanol–water partition coefficient (Wildman–Crippen LogP) is 6.44. The topological polar surface area (TPSA) is 75.3 Å². The van der Waals surface area contributed by atoms with Gasteiger partial charge in [-0.1, -0.05) is 60.2 Å². The van der Waals surface area contributed by atoms with E-state index in [9.17, 15) is 14.4 Å². The highest BCUT2D eigenvalue weighted by Crippen LogP contribution is 2.23. The molecule has 4 aromatic rings. The molecule has 4 rings (SSSR count). The minimum atomic E-state index is -0.439. The third-order valence-corrected chi connectivity index (χ3v) is 7.01. The minimum Gasteiger partial charge on any atom is -0.321 e. The minimum absolute atomic E-state index is 0.0410. The average Bonchev–Trinajstić information content (AvgIpc) is 3.41. The Bertz CT molecular complexity index is 1380. The Morgan fingerprint density at radius 1 is 0.861 bits per heavy atom. The van der Waals surface area contributed by atoms with Crippen molar-refractivity contribution in [1.82, 2.24) is 5.32 Å². The summed E-state index contributed by atoms with van der Waals surface area (Å²) < 4.78 is 0. The van der Waals surface area contributed by atoms with Crippen LogP contribution >= 0.6 is 23.1 Å². The molecule has 0 aliphatic rings. The number of hydrogen-bond acceptors (Lipinski definition) is 5. The van der Waals surface area contributed by atoms with Gasteiger partial charge < -0.3 is 10.6 Å². The molecule has 36 heavy (non-hydrogen) atoms. The molecule has 0 unspecified atom stereocenters. The van der Waals surface area contributed by atoms with E-state index < -0.39 is 5.91 Å². The number of anilines is 1. The third-order valence-electron chi connectivity index (χ3n) is 5.19. The number of aryl methyl sites for hydroxylation is 1. The zero-order chi connectivity index (χ0) is 25.3. The van der Waals surface area contributed by atoms with Gasteiger partial charge in [-0.05, 0) is 54.8 Å². The van der Waals surface area contributed by atoms with E-state index in [2.05, 4.69) is 10.6 Å². The second-order valence-corrected chi connectivity index (χ2v) is 9.98. The van der Waals surface area contributed by atoms with E-state index in [0.717, 1.165) is 15.3 Å². The van der Waals surface area contributed by atoms with Gasteiger partial charge in [0.15, 0.2) is 5.78 Å². The molecule has 5 nitrogen and oxygen atoms in total. The first-order chi connectivity index (χ1) is 17.5. The lowest BCUT2D eigenvalue weighted by molar-refractivity contribution is -0.113. The molecule has 1 heterocycles. The lowest BCUT2D eigenvalue weighted by Crippen LogP contribution is -2.30. The van der Waals surface area contributed by atoms with Gasteiger partial charge in [0.25, 0.3) is 11.8 Å². The Balaban J connectivity index is 1.44. The maximum Gasteiger partial charge on any atom is 0.272 e. The number of thiophene rings is 1. The fraction of sp³-hybridized carbons (Fsp3) is 0.0690. The quantitative estimate of drug-likeness (QED) is 0.154. The van der Waals surface area contributed by atoms with Crippen molar-refractivity contribution in [3.05, 3.63) is 124 Å². The van der Waals surface area contributed by atoms with Gasteiger partial charge in [-0.2, -0.15) is 0 Å². The van der Waals surface area contributed by atoms with Gasteiger partial charge in [0, 0.05) is 26.6 Å².